The molecule has 20 heavy (non-hydrogen) atoms. The van der Waals surface area contributed by atoms with E-state index in [1.807, 2.05) is 29.6 Å². The summed E-state index contributed by atoms with van der Waals surface area (Å²) in [4.78, 5) is 5.51. The Morgan fingerprint density at radius 2 is 2.00 bits per heavy atom. The van der Waals surface area contributed by atoms with Crippen LogP contribution in [0.2, 0.25) is 0 Å². The van der Waals surface area contributed by atoms with Crippen molar-refractivity contribution in [2.24, 2.45) is 0 Å². The Balaban J connectivity index is 1.90. The summed E-state index contributed by atoms with van der Waals surface area (Å²) in [6, 6.07) is 9.38. The van der Waals surface area contributed by atoms with Crippen molar-refractivity contribution >= 4 is 11.3 Å². The highest BCUT2D eigenvalue weighted by atomic mass is 32.1. The van der Waals surface area contributed by atoms with Gasteiger partial charge in [0.2, 0.25) is 0 Å². The minimum Gasteiger partial charge on any atom is -0.394 e. The third kappa shape index (κ3) is 2.36. The van der Waals surface area contributed by atoms with Crippen LogP contribution in [0.5, 0.6) is 0 Å². The second kappa shape index (κ2) is 5.59. The molecule has 106 valence electrons. The van der Waals surface area contributed by atoms with Crippen LogP contribution in [-0.2, 0) is 4.74 Å². The monoisotopic (exact) mass is 293 g/mol. The van der Waals surface area contributed by atoms with Gasteiger partial charge < -0.3 is 20.1 Å². The summed E-state index contributed by atoms with van der Waals surface area (Å²) in [5.74, 6) is 0. The molecule has 1 fully saturated rings. The lowest BCUT2D eigenvalue weighted by Crippen LogP contribution is -2.32. The molecule has 2 aromatic heterocycles. The van der Waals surface area contributed by atoms with Crippen LogP contribution in [0.1, 0.15) is 11.8 Å². The predicted octanol–water partition coefficient (Wildman–Crippen LogP) is 0.964. The topological polar surface area (TPSA) is 82.8 Å². The molecule has 0 radical (unpaired) electrons. The molecule has 0 aliphatic carbocycles. The molecular formula is C14H15NO4S. The van der Waals surface area contributed by atoms with Crippen LogP contribution in [-0.4, -0.2) is 45.2 Å². The van der Waals surface area contributed by atoms with Crippen molar-refractivity contribution in [3.05, 3.63) is 41.4 Å². The first-order chi connectivity index (χ1) is 9.70. The Labute approximate surface area is 120 Å². The molecule has 1 aliphatic rings. The Hall–Kier alpha value is -1.31. The molecule has 0 aromatic carbocycles. The number of aliphatic hydroxyl groups is 3. The standard InChI is InChI=1S/C14H15NO4S/c16-7-10-12(17)13(18)14(19-10)9-4-1-3-8(15-9)11-5-2-6-20-11/h1-6,10,12-14,16-18H,7H2/t10-,12-,13-,14+/m1/s1. The minimum atomic E-state index is -1.10. The number of hydrogen-bond donors (Lipinski definition) is 3. The maximum Gasteiger partial charge on any atom is 0.128 e. The molecule has 4 atom stereocenters. The highest BCUT2D eigenvalue weighted by Crippen LogP contribution is 2.33. The number of aromatic nitrogens is 1. The van der Waals surface area contributed by atoms with Gasteiger partial charge in [0, 0.05) is 0 Å². The summed E-state index contributed by atoms with van der Waals surface area (Å²) in [6.07, 6.45) is -3.68. The fourth-order valence-electron chi connectivity index (χ4n) is 2.32. The van der Waals surface area contributed by atoms with Gasteiger partial charge in [-0.15, -0.1) is 11.3 Å². The third-order valence-electron chi connectivity index (χ3n) is 3.38. The lowest BCUT2D eigenvalue weighted by molar-refractivity contribution is -0.0239. The van der Waals surface area contributed by atoms with E-state index in [0.29, 0.717) is 5.69 Å². The van der Waals surface area contributed by atoms with E-state index in [9.17, 15) is 10.2 Å². The molecule has 0 unspecified atom stereocenters. The van der Waals surface area contributed by atoms with Gasteiger partial charge in [0.1, 0.15) is 24.4 Å². The lowest BCUT2D eigenvalue weighted by Gasteiger charge is -2.14. The number of nitrogens with zero attached hydrogens (tertiary/aromatic N) is 1. The Morgan fingerprint density at radius 3 is 2.65 bits per heavy atom. The summed E-state index contributed by atoms with van der Waals surface area (Å²) in [5, 5.41) is 30.9. The lowest BCUT2D eigenvalue weighted by atomic mass is 10.1. The van der Waals surface area contributed by atoms with Crippen molar-refractivity contribution in [2.45, 2.75) is 24.4 Å². The van der Waals surface area contributed by atoms with Crippen LogP contribution >= 0.6 is 11.3 Å². The second-order valence-electron chi connectivity index (χ2n) is 4.68. The first kappa shape index (κ1) is 13.7. The molecule has 0 saturated carbocycles. The van der Waals surface area contributed by atoms with E-state index in [0.717, 1.165) is 10.6 Å². The maximum absolute atomic E-state index is 10.0. The van der Waals surface area contributed by atoms with Crippen LogP contribution in [0.15, 0.2) is 35.7 Å². The van der Waals surface area contributed by atoms with Gasteiger partial charge in [-0.25, -0.2) is 4.98 Å². The van der Waals surface area contributed by atoms with Crippen LogP contribution < -0.4 is 0 Å². The van der Waals surface area contributed by atoms with Gasteiger partial charge in [0.25, 0.3) is 0 Å². The average Bonchev–Trinajstić information content (AvgIpc) is 3.10. The largest absolute Gasteiger partial charge is 0.394 e. The van der Waals surface area contributed by atoms with Crippen LogP contribution in [0.4, 0.5) is 0 Å². The molecule has 0 spiro atoms. The van der Waals surface area contributed by atoms with Crippen molar-refractivity contribution in [3.8, 4) is 10.6 Å². The highest BCUT2D eigenvalue weighted by Gasteiger charge is 2.43. The normalized spacial score (nSPS) is 29.8. The molecule has 6 heteroatoms. The van der Waals surface area contributed by atoms with Gasteiger partial charge >= 0.3 is 0 Å². The van der Waals surface area contributed by atoms with E-state index in [2.05, 4.69) is 4.98 Å². The van der Waals surface area contributed by atoms with E-state index in [1.165, 1.54) is 0 Å². The minimum absolute atomic E-state index is 0.334. The van der Waals surface area contributed by atoms with Gasteiger partial charge in [-0.3, -0.25) is 0 Å². The number of hydrogen-bond acceptors (Lipinski definition) is 6. The molecule has 0 amide bonds. The van der Waals surface area contributed by atoms with Crippen LogP contribution in [0.25, 0.3) is 10.6 Å². The quantitative estimate of drug-likeness (QED) is 0.785. The Morgan fingerprint density at radius 1 is 1.15 bits per heavy atom. The Bertz CT molecular complexity index is 574. The van der Waals surface area contributed by atoms with E-state index in [1.54, 1.807) is 17.4 Å². The van der Waals surface area contributed by atoms with Gasteiger partial charge in [0.05, 0.1) is 22.9 Å². The fraction of sp³-hybridized carbons (Fsp3) is 0.357. The molecule has 3 N–H and O–H groups in total. The smallest absolute Gasteiger partial charge is 0.128 e. The summed E-state index contributed by atoms with van der Waals surface area (Å²) in [7, 11) is 0. The SMILES string of the molecule is OC[C@H]1O[C@@H](c2cccc(-c3cccs3)n2)[C@H](O)[C@@H]1O. The van der Waals surface area contributed by atoms with Gasteiger partial charge in [-0.2, -0.15) is 0 Å². The molecule has 3 heterocycles. The van der Waals surface area contributed by atoms with E-state index >= 15 is 0 Å². The zero-order valence-corrected chi connectivity index (χ0v) is 11.4. The van der Waals surface area contributed by atoms with Gasteiger partial charge in [-0.1, -0.05) is 12.1 Å². The van der Waals surface area contributed by atoms with E-state index in [-0.39, 0.29) is 6.61 Å². The summed E-state index contributed by atoms with van der Waals surface area (Å²) in [5.41, 5.74) is 1.36. The van der Waals surface area contributed by atoms with Crippen molar-refractivity contribution < 1.29 is 20.1 Å². The Kier molecular flexibility index (Phi) is 3.82. The van der Waals surface area contributed by atoms with Crippen molar-refractivity contribution in [1.29, 1.82) is 0 Å². The third-order valence-corrected chi connectivity index (χ3v) is 4.27. The molecule has 1 saturated heterocycles. The number of aliphatic hydroxyl groups excluding tert-OH is 3. The zero-order chi connectivity index (χ0) is 14.1. The number of thiophene rings is 1. The summed E-state index contributed by atoms with van der Waals surface area (Å²) < 4.78 is 5.48. The van der Waals surface area contributed by atoms with Gasteiger partial charge in [-0.05, 0) is 23.6 Å². The first-order valence-corrected chi connectivity index (χ1v) is 7.22. The van der Waals surface area contributed by atoms with E-state index in [4.69, 9.17) is 9.84 Å². The molecule has 2 aromatic rings. The van der Waals surface area contributed by atoms with Crippen LogP contribution in [0, 0.1) is 0 Å². The van der Waals surface area contributed by atoms with E-state index < -0.39 is 24.4 Å². The van der Waals surface area contributed by atoms with Crippen molar-refractivity contribution in [1.82, 2.24) is 4.98 Å². The second-order valence-corrected chi connectivity index (χ2v) is 5.63. The highest BCUT2D eigenvalue weighted by molar-refractivity contribution is 7.13. The molecule has 5 nitrogen and oxygen atoms in total. The first-order valence-electron chi connectivity index (χ1n) is 6.34. The number of ether oxygens (including phenoxy) is 1. The maximum atomic E-state index is 10.0. The number of pyridine rings is 1. The predicted molar refractivity (Wildman–Crippen MR) is 74.3 cm³/mol. The number of rotatable bonds is 3. The van der Waals surface area contributed by atoms with Crippen LogP contribution in [0.3, 0.4) is 0 Å². The fourth-order valence-corrected chi connectivity index (χ4v) is 3.01. The molecule has 1 aliphatic heterocycles. The molecule has 3 rings (SSSR count). The van der Waals surface area contributed by atoms with Gasteiger partial charge in [0.15, 0.2) is 0 Å². The molecule has 0 bridgehead atoms. The van der Waals surface area contributed by atoms with Crippen molar-refractivity contribution in [3.63, 3.8) is 0 Å². The average molecular weight is 293 g/mol. The molecular weight excluding hydrogens is 278 g/mol. The summed E-state index contributed by atoms with van der Waals surface area (Å²) in [6.45, 7) is -0.334. The van der Waals surface area contributed by atoms with Crippen molar-refractivity contribution in [2.75, 3.05) is 6.61 Å². The zero-order valence-electron chi connectivity index (χ0n) is 10.6. The summed E-state index contributed by atoms with van der Waals surface area (Å²) >= 11 is 1.58.